The van der Waals surface area contributed by atoms with E-state index in [1.54, 1.807) is 0 Å². The number of amides is 1. The largest absolute Gasteiger partial charge is 0.339 e. The molecule has 1 fully saturated rings. The van der Waals surface area contributed by atoms with Gasteiger partial charge in [0.15, 0.2) is 0 Å². The Morgan fingerprint density at radius 2 is 2.12 bits per heavy atom. The molecule has 5 heteroatoms. The molecule has 1 amide bonds. The smallest absolute Gasteiger partial charge is 0.239 e. The topological polar surface area (TPSA) is 35.6 Å². The standard InChI is InChI=1S/C11H23N3OS/c1-10(13(2)8-9-16-3)11(15)14-6-4-12-5-7-14/h10,12H,4-9H2,1-3H3. The number of piperazine rings is 1. The Balaban J connectivity index is 2.38. The maximum absolute atomic E-state index is 12.2. The van der Waals surface area contributed by atoms with Crippen molar-refractivity contribution in [3.63, 3.8) is 0 Å². The van der Waals surface area contributed by atoms with E-state index < -0.39 is 0 Å². The maximum Gasteiger partial charge on any atom is 0.239 e. The molecule has 4 nitrogen and oxygen atoms in total. The van der Waals surface area contributed by atoms with E-state index in [1.165, 1.54) is 0 Å². The number of hydrogen-bond acceptors (Lipinski definition) is 4. The van der Waals surface area contributed by atoms with Gasteiger partial charge in [0.05, 0.1) is 6.04 Å². The molecule has 1 saturated heterocycles. The molecule has 1 aliphatic heterocycles. The lowest BCUT2D eigenvalue weighted by atomic mass is 10.2. The van der Waals surface area contributed by atoms with E-state index in [4.69, 9.17) is 0 Å². The molecule has 1 rings (SSSR count). The molecular weight excluding hydrogens is 222 g/mol. The van der Waals surface area contributed by atoms with Crippen LogP contribution in [0.5, 0.6) is 0 Å². The molecule has 0 spiro atoms. The second-order valence-corrected chi connectivity index (χ2v) is 5.21. The van der Waals surface area contributed by atoms with E-state index >= 15 is 0 Å². The number of rotatable bonds is 5. The van der Waals surface area contributed by atoms with Crippen molar-refractivity contribution in [1.29, 1.82) is 0 Å². The van der Waals surface area contributed by atoms with Gasteiger partial charge in [-0.25, -0.2) is 0 Å². The van der Waals surface area contributed by atoms with Gasteiger partial charge < -0.3 is 10.2 Å². The van der Waals surface area contributed by atoms with Crippen LogP contribution < -0.4 is 5.32 Å². The summed E-state index contributed by atoms with van der Waals surface area (Å²) in [6.07, 6.45) is 2.09. The number of thioether (sulfide) groups is 1. The SMILES string of the molecule is CSCCN(C)C(C)C(=O)N1CCNCC1. The van der Waals surface area contributed by atoms with Crippen molar-refractivity contribution in [3.8, 4) is 0 Å². The van der Waals surface area contributed by atoms with Crippen LogP contribution in [0.25, 0.3) is 0 Å². The molecule has 1 unspecified atom stereocenters. The van der Waals surface area contributed by atoms with Crippen LogP contribution in [0.2, 0.25) is 0 Å². The average molecular weight is 245 g/mol. The third-order valence-corrected chi connectivity index (χ3v) is 3.69. The summed E-state index contributed by atoms with van der Waals surface area (Å²) in [5, 5.41) is 3.26. The predicted octanol–water partition coefficient (Wildman–Crippen LogP) is 0.102. The van der Waals surface area contributed by atoms with E-state index in [1.807, 2.05) is 30.6 Å². The Labute approximate surface area is 103 Å². The molecular formula is C11H23N3OS. The summed E-state index contributed by atoms with van der Waals surface area (Å²) < 4.78 is 0. The highest BCUT2D eigenvalue weighted by Gasteiger charge is 2.24. The Kier molecular flexibility index (Phi) is 6.16. The molecule has 1 aliphatic rings. The van der Waals surface area contributed by atoms with Gasteiger partial charge in [-0.3, -0.25) is 9.69 Å². The van der Waals surface area contributed by atoms with E-state index in [0.29, 0.717) is 0 Å². The van der Waals surface area contributed by atoms with Crippen LogP contribution in [0.15, 0.2) is 0 Å². The second kappa shape index (κ2) is 7.14. The van der Waals surface area contributed by atoms with Gasteiger partial charge in [-0.15, -0.1) is 0 Å². The monoisotopic (exact) mass is 245 g/mol. The maximum atomic E-state index is 12.2. The van der Waals surface area contributed by atoms with E-state index in [-0.39, 0.29) is 11.9 Å². The quantitative estimate of drug-likeness (QED) is 0.745. The first kappa shape index (κ1) is 13.8. The lowest BCUT2D eigenvalue weighted by molar-refractivity contribution is -0.136. The Morgan fingerprint density at radius 3 is 2.69 bits per heavy atom. The average Bonchev–Trinajstić information content (AvgIpc) is 2.35. The lowest BCUT2D eigenvalue weighted by Gasteiger charge is -2.33. The van der Waals surface area contributed by atoms with Gasteiger partial charge in [-0.05, 0) is 20.2 Å². The molecule has 0 radical (unpaired) electrons. The van der Waals surface area contributed by atoms with Crippen molar-refractivity contribution in [2.24, 2.45) is 0 Å². The number of nitrogens with one attached hydrogen (secondary N) is 1. The van der Waals surface area contributed by atoms with Gasteiger partial charge in [-0.1, -0.05) is 0 Å². The predicted molar refractivity (Wildman–Crippen MR) is 69.9 cm³/mol. The van der Waals surface area contributed by atoms with Crippen molar-refractivity contribution in [2.75, 3.05) is 51.8 Å². The summed E-state index contributed by atoms with van der Waals surface area (Å²) in [5.41, 5.74) is 0. The van der Waals surface area contributed by atoms with Gasteiger partial charge in [0.2, 0.25) is 5.91 Å². The first-order chi connectivity index (χ1) is 7.66. The van der Waals surface area contributed by atoms with Gasteiger partial charge in [0.1, 0.15) is 0 Å². The molecule has 1 heterocycles. The van der Waals surface area contributed by atoms with Gasteiger partial charge in [0, 0.05) is 38.5 Å². The molecule has 0 aromatic heterocycles. The summed E-state index contributed by atoms with van der Waals surface area (Å²) in [5.74, 6) is 1.35. The van der Waals surface area contributed by atoms with Crippen molar-refractivity contribution in [1.82, 2.24) is 15.1 Å². The first-order valence-corrected chi connectivity index (χ1v) is 7.25. The van der Waals surface area contributed by atoms with Crippen LogP contribution in [0.1, 0.15) is 6.92 Å². The zero-order valence-electron chi connectivity index (χ0n) is 10.5. The fraction of sp³-hybridized carbons (Fsp3) is 0.909. The minimum atomic E-state index is 0.00486. The molecule has 0 saturated carbocycles. The summed E-state index contributed by atoms with van der Waals surface area (Å²) in [6, 6.07) is 0.00486. The van der Waals surface area contributed by atoms with Crippen molar-refractivity contribution >= 4 is 17.7 Å². The molecule has 94 valence electrons. The first-order valence-electron chi connectivity index (χ1n) is 5.85. The van der Waals surface area contributed by atoms with E-state index in [9.17, 15) is 4.79 Å². The zero-order chi connectivity index (χ0) is 12.0. The number of carbonyl (C=O) groups is 1. The molecule has 1 atom stereocenters. The normalized spacial score (nSPS) is 18.9. The molecule has 0 aliphatic carbocycles. The number of likely N-dealkylation sites (N-methyl/N-ethyl adjacent to an activating group) is 1. The number of carbonyl (C=O) groups excluding carboxylic acids is 1. The summed E-state index contributed by atoms with van der Waals surface area (Å²) >= 11 is 1.82. The minimum absolute atomic E-state index is 0.00486. The molecule has 16 heavy (non-hydrogen) atoms. The zero-order valence-corrected chi connectivity index (χ0v) is 11.3. The van der Waals surface area contributed by atoms with E-state index in [0.717, 1.165) is 38.5 Å². The highest BCUT2D eigenvalue weighted by molar-refractivity contribution is 7.98. The number of hydrogen-bond donors (Lipinski definition) is 1. The van der Waals surface area contributed by atoms with Crippen LogP contribution in [0.3, 0.4) is 0 Å². The summed E-state index contributed by atoms with van der Waals surface area (Å²) in [4.78, 5) is 16.3. The van der Waals surface area contributed by atoms with E-state index in [2.05, 4.69) is 16.5 Å². The van der Waals surface area contributed by atoms with Crippen molar-refractivity contribution in [3.05, 3.63) is 0 Å². The Bertz CT molecular complexity index is 219. The summed E-state index contributed by atoms with van der Waals surface area (Å²) in [7, 11) is 2.03. The summed E-state index contributed by atoms with van der Waals surface area (Å²) in [6.45, 7) is 6.52. The van der Waals surface area contributed by atoms with Crippen LogP contribution >= 0.6 is 11.8 Å². The second-order valence-electron chi connectivity index (χ2n) is 4.22. The minimum Gasteiger partial charge on any atom is -0.339 e. The van der Waals surface area contributed by atoms with Crippen LogP contribution in [0.4, 0.5) is 0 Å². The fourth-order valence-corrected chi connectivity index (χ4v) is 2.24. The van der Waals surface area contributed by atoms with Gasteiger partial charge in [-0.2, -0.15) is 11.8 Å². The fourth-order valence-electron chi connectivity index (χ4n) is 1.77. The third-order valence-electron chi connectivity index (χ3n) is 3.10. The van der Waals surface area contributed by atoms with Gasteiger partial charge in [0.25, 0.3) is 0 Å². The third kappa shape index (κ3) is 3.96. The molecule has 0 aromatic rings. The van der Waals surface area contributed by atoms with Crippen molar-refractivity contribution < 1.29 is 4.79 Å². The highest BCUT2D eigenvalue weighted by atomic mass is 32.2. The highest BCUT2D eigenvalue weighted by Crippen LogP contribution is 2.04. The Hall–Kier alpha value is -0.260. The lowest BCUT2D eigenvalue weighted by Crippen LogP contribution is -2.52. The van der Waals surface area contributed by atoms with Crippen molar-refractivity contribution in [2.45, 2.75) is 13.0 Å². The van der Waals surface area contributed by atoms with Crippen LogP contribution in [-0.2, 0) is 4.79 Å². The van der Waals surface area contributed by atoms with Gasteiger partial charge >= 0.3 is 0 Å². The molecule has 1 N–H and O–H groups in total. The molecule has 0 aromatic carbocycles. The van der Waals surface area contributed by atoms with Crippen LogP contribution in [0, 0.1) is 0 Å². The molecule has 0 bridgehead atoms. The Morgan fingerprint density at radius 1 is 1.50 bits per heavy atom. The van der Waals surface area contributed by atoms with Crippen LogP contribution in [-0.4, -0.2) is 73.5 Å². The number of nitrogens with zero attached hydrogens (tertiary/aromatic N) is 2.